The van der Waals surface area contributed by atoms with E-state index >= 15 is 0 Å². The van der Waals surface area contributed by atoms with Gasteiger partial charge in [-0.2, -0.15) is 6.07 Å². The molecule has 0 N–H and O–H groups in total. The molecule has 0 amide bonds. The predicted molar refractivity (Wildman–Crippen MR) is 319 cm³/mol. The van der Waals surface area contributed by atoms with Crippen LogP contribution in [0.5, 0.6) is 11.5 Å². The predicted octanol–water partition coefficient (Wildman–Crippen LogP) is 17.1. The number of hydrogen-bond donors (Lipinski definition) is 0. The van der Waals surface area contributed by atoms with Crippen molar-refractivity contribution < 1.29 is 37.2 Å². The molecule has 0 bridgehead atoms. The number of imidazole rings is 1. The number of ether oxygens (including phenoxy) is 1. The van der Waals surface area contributed by atoms with Crippen LogP contribution in [-0.4, -0.2) is 27.4 Å². The van der Waals surface area contributed by atoms with Crippen molar-refractivity contribution in [3.8, 4) is 84.3 Å². The molecule has 14 rings (SSSR count). The molecule has 384 valence electrons. The van der Waals surface area contributed by atoms with Crippen molar-refractivity contribution in [1.29, 1.82) is 0 Å². The summed E-state index contributed by atoms with van der Waals surface area (Å²) in [4.78, 5) is 5.06. The summed E-state index contributed by atoms with van der Waals surface area (Å²) in [7, 11) is 0. The minimum atomic E-state index is -2.46. The van der Waals surface area contributed by atoms with Crippen LogP contribution in [0.2, 0.25) is 16.8 Å². The minimum Gasteiger partial charge on any atom is -0.159 e. The Morgan fingerprint density at radius 1 is 0.641 bits per heavy atom. The molecule has 0 spiro atoms. The van der Waals surface area contributed by atoms with Crippen LogP contribution < -0.4 is 13.7 Å². The third-order valence-corrected chi connectivity index (χ3v) is 23.4. The van der Waals surface area contributed by atoms with Gasteiger partial charge in [-0.05, 0) is 44.5 Å². The molecule has 3 aromatic heterocycles. The van der Waals surface area contributed by atoms with Gasteiger partial charge in [0, 0.05) is 21.1 Å². The van der Waals surface area contributed by atoms with E-state index in [1.807, 2.05) is 82.1 Å². The Bertz CT molecular complexity index is 4660. The molecular formula is C71H58GeN4OPt-2. The fourth-order valence-electron chi connectivity index (χ4n) is 12.4. The molecule has 7 heteroatoms. The average molecular weight is 1260 g/mol. The first-order valence-corrected chi connectivity index (χ1v) is 33.3. The summed E-state index contributed by atoms with van der Waals surface area (Å²) < 4.78 is 59.3. The van der Waals surface area contributed by atoms with Crippen molar-refractivity contribution in [3.63, 3.8) is 0 Å². The molecule has 0 aliphatic carbocycles. The maximum atomic E-state index is 9.27. The number of hydrogen-bond acceptors (Lipinski definition) is 2. The minimum absolute atomic E-state index is 0. The van der Waals surface area contributed by atoms with Crippen LogP contribution >= 0.6 is 0 Å². The first-order valence-electron chi connectivity index (χ1n) is 29.1. The molecular weight excluding hydrogens is 1190 g/mol. The molecule has 0 fully saturated rings. The Hall–Kier alpha value is -7.57. The number of nitrogens with zero attached hydrogens (tertiary/aromatic N) is 4. The zero-order valence-corrected chi connectivity index (χ0v) is 49.0. The molecule has 12 aromatic rings. The van der Waals surface area contributed by atoms with Crippen LogP contribution in [-0.2, 0) is 31.9 Å². The van der Waals surface area contributed by atoms with Gasteiger partial charge in [0.1, 0.15) is 0 Å². The number of aromatic nitrogens is 4. The first-order chi connectivity index (χ1) is 39.4. The number of pyridine rings is 1. The summed E-state index contributed by atoms with van der Waals surface area (Å²) >= 11 is -2.46. The van der Waals surface area contributed by atoms with Gasteiger partial charge < -0.3 is 4.57 Å². The second kappa shape index (κ2) is 18.8. The van der Waals surface area contributed by atoms with Gasteiger partial charge in [0.15, 0.2) is 0 Å². The monoisotopic (exact) mass is 1260 g/mol. The van der Waals surface area contributed by atoms with E-state index in [2.05, 4.69) is 166 Å². The van der Waals surface area contributed by atoms with Crippen LogP contribution in [0.25, 0.3) is 106 Å². The number of fused-ring (bicyclic) bond motifs is 11. The molecule has 0 saturated carbocycles. The molecule has 2 aliphatic rings. The fraction of sp³-hybridized carbons (Fsp3) is 0.155. The SMILES string of the molecule is [2H]c1c([2H])c([2H])c(-c2cccc3c2-[n+]2[c-]n(-c4[c-]c(Oc5[c-]c6c(cc5)c5c(-c7cccc8[c]7[Ge]([CH3])([CH3])[CH2]CC8(C)C)cccc5n6-c5cc(C(C)(C)C)ccn5)ccc4)c4cccc(c42)-c2ccccc2-c2ccccc2-3)c([2H])c1[2H].[Pt]. The second-order valence-electron chi connectivity index (χ2n) is 23.0. The summed E-state index contributed by atoms with van der Waals surface area (Å²) in [6.45, 7) is 11.5. The van der Waals surface area contributed by atoms with Crippen molar-refractivity contribution in [2.45, 2.75) is 68.6 Å². The Kier molecular flexibility index (Phi) is 10.7. The van der Waals surface area contributed by atoms with Crippen LogP contribution in [0, 0.1) is 18.5 Å². The molecule has 0 radical (unpaired) electrons. The van der Waals surface area contributed by atoms with Crippen LogP contribution in [0.1, 0.15) is 59.0 Å². The van der Waals surface area contributed by atoms with Gasteiger partial charge in [0.2, 0.25) is 0 Å². The van der Waals surface area contributed by atoms with Crippen LogP contribution in [0.4, 0.5) is 0 Å². The van der Waals surface area contributed by atoms with Gasteiger partial charge in [-0.1, -0.05) is 115 Å². The van der Waals surface area contributed by atoms with Crippen molar-refractivity contribution in [2.24, 2.45) is 0 Å². The van der Waals surface area contributed by atoms with E-state index in [9.17, 15) is 2.74 Å². The van der Waals surface area contributed by atoms with Crippen LogP contribution in [0.15, 0.2) is 200 Å². The molecule has 78 heavy (non-hydrogen) atoms. The Labute approximate surface area is 481 Å². The van der Waals surface area contributed by atoms with Gasteiger partial charge in [-0.3, -0.25) is 4.57 Å². The number of rotatable bonds is 6. The second-order valence-corrected chi connectivity index (χ2v) is 33.0. The molecule has 9 aromatic carbocycles. The average Bonchev–Trinajstić information content (AvgIpc) is 2.70. The van der Waals surface area contributed by atoms with Gasteiger partial charge in [0.25, 0.3) is 6.33 Å². The molecule has 2 aliphatic heterocycles. The Balaban J connectivity index is 0.00000645. The van der Waals surface area contributed by atoms with Crippen LogP contribution in [0.3, 0.4) is 0 Å². The van der Waals surface area contributed by atoms with E-state index in [0.29, 0.717) is 28.4 Å². The smallest absolute Gasteiger partial charge is 0.159 e. The zero-order chi connectivity index (χ0) is 56.7. The normalized spacial score (nSPS) is 15.0. The van der Waals surface area contributed by atoms with E-state index in [-0.39, 0.29) is 49.5 Å². The van der Waals surface area contributed by atoms with Crippen molar-refractivity contribution in [2.75, 3.05) is 0 Å². The van der Waals surface area contributed by atoms with Crippen molar-refractivity contribution in [3.05, 3.63) is 230 Å². The topological polar surface area (TPSA) is 35.9 Å². The Morgan fingerprint density at radius 3 is 2.01 bits per heavy atom. The van der Waals surface area contributed by atoms with E-state index in [1.165, 1.54) is 33.9 Å². The van der Waals surface area contributed by atoms with Crippen molar-refractivity contribution >= 4 is 50.5 Å². The summed E-state index contributed by atoms with van der Waals surface area (Å²) in [6, 6.07) is 62.2. The fourth-order valence-corrected chi connectivity index (χ4v) is 20.0. The van der Waals surface area contributed by atoms with Gasteiger partial charge in [-0.25, -0.2) is 0 Å². The quantitative estimate of drug-likeness (QED) is 0.0945. The molecule has 5 heterocycles. The molecule has 0 unspecified atom stereocenters. The standard InChI is InChI=1S/C71H58GeN4O.Pt/c1-70(2,3)47-38-41-73-65(42-47)76-62-34-18-29-56(57-30-17-33-61-67(57)72(6,7)40-39-71(61,4)5)66(62)60-37-36-50(44-64(60)76)77-49-23-15-22-48(43-49)74-45-75-68-51(46-20-9-8-10-21-46)28-16-31-58(68)54-26-13-11-24-52(54)53-25-12-14-27-55(53)59-32-19-35-63(74)69(59)75;/h8-38,41-42H,39-40H2,1-7H3;/q-2;/i8D,9D,10D,20D,21D;. The van der Waals surface area contributed by atoms with E-state index in [0.717, 1.165) is 72.0 Å². The molecule has 0 saturated heterocycles. The maximum absolute atomic E-state index is 9.27. The number of benzene rings is 9. The zero-order valence-electron chi connectivity index (χ0n) is 49.6. The summed E-state index contributed by atoms with van der Waals surface area (Å²) in [5.74, 6) is 6.96. The third-order valence-electron chi connectivity index (χ3n) is 16.3. The van der Waals surface area contributed by atoms with E-state index in [1.54, 1.807) is 4.40 Å². The van der Waals surface area contributed by atoms with Gasteiger partial charge in [-0.15, -0.1) is 0 Å². The summed E-state index contributed by atoms with van der Waals surface area (Å²) in [5.41, 5.74) is 16.3. The van der Waals surface area contributed by atoms with Gasteiger partial charge in [0.05, 0.1) is 23.6 Å². The number of para-hydroxylation sites is 2. The van der Waals surface area contributed by atoms with E-state index < -0.39 is 31.4 Å². The molecule has 5 nitrogen and oxygen atoms in total. The van der Waals surface area contributed by atoms with Gasteiger partial charge >= 0.3 is 259 Å². The summed E-state index contributed by atoms with van der Waals surface area (Å²) in [5, 5.41) is 3.51. The Morgan fingerprint density at radius 2 is 1.26 bits per heavy atom. The summed E-state index contributed by atoms with van der Waals surface area (Å²) in [6.07, 6.45) is 6.87. The first kappa shape index (κ1) is 44.4. The van der Waals surface area contributed by atoms with E-state index in [4.69, 9.17) is 13.8 Å². The third kappa shape index (κ3) is 8.06. The molecule has 0 atom stereocenters. The van der Waals surface area contributed by atoms with Crippen molar-refractivity contribution in [1.82, 2.24) is 14.1 Å².